The van der Waals surface area contributed by atoms with Crippen LogP contribution in [0.5, 0.6) is 5.75 Å². The van der Waals surface area contributed by atoms with Gasteiger partial charge in [0.05, 0.1) is 24.6 Å². The highest BCUT2D eigenvalue weighted by Gasteiger charge is 2.37. The molecule has 94 valence electrons. The predicted octanol–water partition coefficient (Wildman–Crippen LogP) is 2.38. The van der Waals surface area contributed by atoms with Crippen molar-refractivity contribution in [1.82, 2.24) is 4.98 Å². The van der Waals surface area contributed by atoms with Gasteiger partial charge in [-0.25, -0.2) is 0 Å². The Morgan fingerprint density at radius 1 is 1.44 bits per heavy atom. The second-order valence-electron chi connectivity index (χ2n) is 4.54. The van der Waals surface area contributed by atoms with Crippen molar-refractivity contribution in [3.8, 4) is 11.8 Å². The van der Waals surface area contributed by atoms with Gasteiger partial charge in [-0.05, 0) is 31.9 Å². The van der Waals surface area contributed by atoms with Gasteiger partial charge in [0.15, 0.2) is 0 Å². The summed E-state index contributed by atoms with van der Waals surface area (Å²) in [5.74, 6) is 0.952. The van der Waals surface area contributed by atoms with Crippen LogP contribution in [0.25, 0.3) is 0 Å². The molecule has 0 aliphatic heterocycles. The van der Waals surface area contributed by atoms with Gasteiger partial charge in [0.1, 0.15) is 16.9 Å². The van der Waals surface area contributed by atoms with Crippen molar-refractivity contribution in [3.05, 3.63) is 24.0 Å². The molecule has 1 saturated carbocycles. The fraction of sp³-hybridized carbons (Fsp3) is 0.500. The van der Waals surface area contributed by atoms with Crippen LogP contribution in [0.2, 0.25) is 0 Å². The second-order valence-corrected chi connectivity index (χ2v) is 4.54. The number of nitrogens with zero attached hydrogens (tertiary/aromatic N) is 2. The number of carbonyl (C=O) groups is 1. The van der Waals surface area contributed by atoms with E-state index in [0.717, 1.165) is 5.69 Å². The van der Waals surface area contributed by atoms with E-state index in [9.17, 15) is 10.1 Å². The molecule has 1 fully saturated rings. The summed E-state index contributed by atoms with van der Waals surface area (Å²) in [4.78, 5) is 15.6. The van der Waals surface area contributed by atoms with E-state index in [0.29, 0.717) is 38.0 Å². The number of hydrogen-bond acceptors (Lipinski definition) is 4. The molecule has 4 heteroatoms. The first-order valence-electron chi connectivity index (χ1n) is 6.22. The molecule has 0 radical (unpaired) electrons. The van der Waals surface area contributed by atoms with Crippen molar-refractivity contribution in [2.75, 3.05) is 6.61 Å². The van der Waals surface area contributed by atoms with Crippen molar-refractivity contribution in [2.24, 2.45) is 0 Å². The van der Waals surface area contributed by atoms with Crippen molar-refractivity contribution in [3.63, 3.8) is 0 Å². The van der Waals surface area contributed by atoms with Gasteiger partial charge in [-0.15, -0.1) is 0 Å². The lowest BCUT2D eigenvalue weighted by atomic mass is 9.72. The Balaban J connectivity index is 2.23. The molecule has 0 aromatic carbocycles. The van der Waals surface area contributed by atoms with Gasteiger partial charge in [0.2, 0.25) is 0 Å². The number of pyridine rings is 1. The van der Waals surface area contributed by atoms with E-state index < -0.39 is 5.41 Å². The predicted molar refractivity (Wildman–Crippen MR) is 66.2 cm³/mol. The maximum atomic E-state index is 11.3. The van der Waals surface area contributed by atoms with Crippen LogP contribution in [0, 0.1) is 11.3 Å². The summed E-state index contributed by atoms with van der Waals surface area (Å²) in [6, 6.07) is 6.02. The van der Waals surface area contributed by atoms with Gasteiger partial charge < -0.3 is 4.74 Å². The third-order valence-electron chi connectivity index (χ3n) is 3.41. The molecular formula is C14H16N2O2. The number of Topliss-reactive ketones (excluding diaryl/α,β-unsaturated/α-hetero) is 1. The van der Waals surface area contributed by atoms with Gasteiger partial charge in [-0.1, -0.05) is 0 Å². The third kappa shape index (κ3) is 2.35. The van der Waals surface area contributed by atoms with E-state index in [-0.39, 0.29) is 5.78 Å². The van der Waals surface area contributed by atoms with Gasteiger partial charge in [0, 0.05) is 12.8 Å². The fourth-order valence-corrected chi connectivity index (χ4v) is 2.30. The minimum absolute atomic E-state index is 0.242. The minimum Gasteiger partial charge on any atom is -0.492 e. The Kier molecular flexibility index (Phi) is 3.61. The number of nitriles is 1. The summed E-state index contributed by atoms with van der Waals surface area (Å²) in [5, 5.41) is 9.42. The van der Waals surface area contributed by atoms with Crippen molar-refractivity contribution < 1.29 is 9.53 Å². The summed E-state index contributed by atoms with van der Waals surface area (Å²) < 4.78 is 5.33. The van der Waals surface area contributed by atoms with Crippen molar-refractivity contribution in [1.29, 1.82) is 5.26 Å². The SMILES string of the molecule is CCOc1ccc(C2(C#N)CCC(=O)CC2)nc1. The van der Waals surface area contributed by atoms with Crippen LogP contribution in [0.15, 0.2) is 18.3 Å². The van der Waals surface area contributed by atoms with Gasteiger partial charge in [-0.2, -0.15) is 5.26 Å². The average molecular weight is 244 g/mol. The Morgan fingerprint density at radius 3 is 2.67 bits per heavy atom. The fourth-order valence-electron chi connectivity index (χ4n) is 2.30. The highest BCUT2D eigenvalue weighted by atomic mass is 16.5. The molecule has 0 N–H and O–H groups in total. The van der Waals surface area contributed by atoms with Crippen LogP contribution in [0.3, 0.4) is 0 Å². The Morgan fingerprint density at radius 2 is 2.17 bits per heavy atom. The molecule has 4 nitrogen and oxygen atoms in total. The maximum Gasteiger partial charge on any atom is 0.137 e. The number of aromatic nitrogens is 1. The van der Waals surface area contributed by atoms with E-state index in [1.807, 2.05) is 19.1 Å². The highest BCUT2D eigenvalue weighted by molar-refractivity contribution is 5.79. The molecule has 0 spiro atoms. The lowest BCUT2D eigenvalue weighted by Crippen LogP contribution is -2.31. The van der Waals surface area contributed by atoms with Crippen LogP contribution < -0.4 is 4.74 Å². The second kappa shape index (κ2) is 5.18. The van der Waals surface area contributed by atoms with Gasteiger partial charge in [-0.3, -0.25) is 9.78 Å². The zero-order valence-electron chi connectivity index (χ0n) is 10.5. The molecule has 0 amide bonds. The molecule has 0 atom stereocenters. The molecule has 1 aliphatic carbocycles. The standard InChI is InChI=1S/C14H16N2O2/c1-2-18-12-3-4-13(16-9-12)14(10-15)7-5-11(17)6-8-14/h3-4,9H,2,5-8H2,1H3. The van der Waals surface area contributed by atoms with Crippen LogP contribution in [0.1, 0.15) is 38.3 Å². The lowest BCUT2D eigenvalue weighted by Gasteiger charge is -2.29. The third-order valence-corrected chi connectivity index (χ3v) is 3.41. The van der Waals surface area contributed by atoms with E-state index in [1.165, 1.54) is 0 Å². The van der Waals surface area contributed by atoms with E-state index in [1.54, 1.807) is 6.20 Å². The topological polar surface area (TPSA) is 63.0 Å². The summed E-state index contributed by atoms with van der Waals surface area (Å²) in [6.45, 7) is 2.51. The number of rotatable bonds is 3. The molecular weight excluding hydrogens is 228 g/mol. The quantitative estimate of drug-likeness (QED) is 0.819. The number of hydrogen-bond donors (Lipinski definition) is 0. The molecule has 1 heterocycles. The van der Waals surface area contributed by atoms with E-state index >= 15 is 0 Å². The number of ketones is 1. The molecule has 18 heavy (non-hydrogen) atoms. The first-order chi connectivity index (χ1) is 8.70. The van der Waals surface area contributed by atoms with Crippen molar-refractivity contribution >= 4 is 5.78 Å². The first-order valence-corrected chi connectivity index (χ1v) is 6.22. The van der Waals surface area contributed by atoms with Crippen molar-refractivity contribution in [2.45, 2.75) is 38.0 Å². The lowest BCUT2D eigenvalue weighted by molar-refractivity contribution is -0.121. The molecule has 1 aromatic rings. The normalized spacial score (nSPS) is 18.1. The molecule has 0 saturated heterocycles. The zero-order valence-corrected chi connectivity index (χ0v) is 10.5. The Hall–Kier alpha value is -1.89. The van der Waals surface area contributed by atoms with Crippen LogP contribution >= 0.6 is 0 Å². The molecule has 1 aliphatic rings. The molecule has 2 rings (SSSR count). The summed E-state index contributed by atoms with van der Waals surface area (Å²) in [7, 11) is 0. The summed E-state index contributed by atoms with van der Waals surface area (Å²) in [5.41, 5.74) is 0.152. The first kappa shape index (κ1) is 12.6. The zero-order chi connectivity index (χ0) is 13.0. The van der Waals surface area contributed by atoms with Gasteiger partial charge >= 0.3 is 0 Å². The molecule has 1 aromatic heterocycles. The number of carbonyl (C=O) groups excluding carboxylic acids is 1. The number of ether oxygens (including phenoxy) is 1. The average Bonchev–Trinajstić information content (AvgIpc) is 2.42. The molecule has 0 bridgehead atoms. The smallest absolute Gasteiger partial charge is 0.137 e. The van der Waals surface area contributed by atoms with Crippen LogP contribution in [0.4, 0.5) is 0 Å². The maximum absolute atomic E-state index is 11.3. The van der Waals surface area contributed by atoms with E-state index in [4.69, 9.17) is 4.74 Å². The van der Waals surface area contributed by atoms with Crippen LogP contribution in [-0.2, 0) is 10.2 Å². The highest BCUT2D eigenvalue weighted by Crippen LogP contribution is 2.37. The van der Waals surface area contributed by atoms with E-state index in [2.05, 4.69) is 11.1 Å². The molecule has 0 unspecified atom stereocenters. The summed E-state index contributed by atoms with van der Waals surface area (Å²) >= 11 is 0. The Bertz CT molecular complexity index is 464. The monoisotopic (exact) mass is 244 g/mol. The van der Waals surface area contributed by atoms with Crippen LogP contribution in [-0.4, -0.2) is 17.4 Å². The minimum atomic E-state index is -0.599. The van der Waals surface area contributed by atoms with Gasteiger partial charge in [0.25, 0.3) is 0 Å². The largest absolute Gasteiger partial charge is 0.492 e. The Labute approximate surface area is 107 Å². The summed E-state index contributed by atoms with van der Waals surface area (Å²) in [6.07, 6.45) is 3.74.